The maximum absolute atomic E-state index is 12.6. The largest absolute Gasteiger partial charge is 0.472 e. The number of rotatable bonds is 45. The summed E-state index contributed by atoms with van der Waals surface area (Å²) in [5, 5.41) is 0. The SMILES string of the molecule is CC/C=C\C/C=C\C/C=C\C/C=C\C/C=C\C/C=C\C/C=C\CCCCCC(=O)OC(COC(=O)CCCCCCCCC/C=C\C/C=C\CCCCCC)COP(=O)(O)OCCN. The number of unbranched alkanes of at least 4 members (excludes halogenated alkanes) is 14. The zero-order chi connectivity index (χ0) is 46.7. The summed E-state index contributed by atoms with van der Waals surface area (Å²) < 4.78 is 32.9. The van der Waals surface area contributed by atoms with Crippen molar-refractivity contribution in [1.82, 2.24) is 0 Å². The molecule has 0 saturated heterocycles. The first-order valence-electron chi connectivity index (χ1n) is 24.9. The highest BCUT2D eigenvalue weighted by molar-refractivity contribution is 7.47. The molecule has 2 atom stereocenters. The second kappa shape index (κ2) is 49.1. The van der Waals surface area contributed by atoms with Crippen molar-refractivity contribution >= 4 is 19.8 Å². The Labute approximate surface area is 390 Å². The second-order valence-corrected chi connectivity index (χ2v) is 17.4. The molecular formula is C54H90NO8P. The number of hydrogen-bond donors (Lipinski definition) is 2. The summed E-state index contributed by atoms with van der Waals surface area (Å²) in [6.45, 7) is 3.54. The van der Waals surface area contributed by atoms with Gasteiger partial charge in [-0.2, -0.15) is 0 Å². The fraction of sp³-hybridized carbons (Fsp3) is 0.630. The summed E-state index contributed by atoms with van der Waals surface area (Å²) in [7, 11) is -4.40. The summed E-state index contributed by atoms with van der Waals surface area (Å²) in [6.07, 6.45) is 65.5. The minimum Gasteiger partial charge on any atom is -0.462 e. The number of phosphoric ester groups is 1. The van der Waals surface area contributed by atoms with Crippen LogP contribution < -0.4 is 5.73 Å². The smallest absolute Gasteiger partial charge is 0.462 e. The summed E-state index contributed by atoms with van der Waals surface area (Å²) in [5.74, 6) is -0.884. The molecule has 9 nitrogen and oxygen atoms in total. The van der Waals surface area contributed by atoms with E-state index in [-0.39, 0.29) is 32.6 Å². The van der Waals surface area contributed by atoms with Crippen LogP contribution in [0.25, 0.3) is 0 Å². The maximum Gasteiger partial charge on any atom is 0.472 e. The predicted molar refractivity (Wildman–Crippen MR) is 270 cm³/mol. The Morgan fingerprint density at radius 1 is 0.484 bits per heavy atom. The molecule has 3 N–H and O–H groups in total. The molecule has 0 aliphatic carbocycles. The van der Waals surface area contributed by atoms with Gasteiger partial charge in [-0.25, -0.2) is 4.57 Å². The minimum atomic E-state index is -4.40. The van der Waals surface area contributed by atoms with Crippen LogP contribution >= 0.6 is 7.82 Å². The average molecular weight is 912 g/mol. The molecule has 64 heavy (non-hydrogen) atoms. The lowest BCUT2D eigenvalue weighted by Crippen LogP contribution is -2.29. The quantitative estimate of drug-likeness (QED) is 0.0265. The molecular weight excluding hydrogens is 822 g/mol. The van der Waals surface area contributed by atoms with Crippen LogP contribution in [0.1, 0.15) is 187 Å². The highest BCUT2D eigenvalue weighted by Crippen LogP contribution is 2.43. The number of ether oxygens (including phenoxy) is 2. The third-order valence-electron chi connectivity index (χ3n) is 9.89. The van der Waals surface area contributed by atoms with Crippen molar-refractivity contribution in [3.05, 3.63) is 109 Å². The maximum atomic E-state index is 12.6. The van der Waals surface area contributed by atoms with Crippen LogP contribution in [0.3, 0.4) is 0 Å². The lowest BCUT2D eigenvalue weighted by atomic mass is 10.1. The van der Waals surface area contributed by atoms with Crippen molar-refractivity contribution in [2.45, 2.75) is 193 Å². The number of esters is 2. The van der Waals surface area contributed by atoms with Gasteiger partial charge < -0.3 is 20.1 Å². The van der Waals surface area contributed by atoms with Crippen LogP contribution in [0.4, 0.5) is 0 Å². The lowest BCUT2D eigenvalue weighted by Gasteiger charge is -2.19. The Kier molecular flexibility index (Phi) is 46.6. The van der Waals surface area contributed by atoms with Crippen molar-refractivity contribution in [2.24, 2.45) is 5.73 Å². The van der Waals surface area contributed by atoms with Crippen molar-refractivity contribution in [3.63, 3.8) is 0 Å². The van der Waals surface area contributed by atoms with Crippen LogP contribution in [0.5, 0.6) is 0 Å². The number of phosphoric acid groups is 1. The first-order valence-corrected chi connectivity index (χ1v) is 26.4. The van der Waals surface area contributed by atoms with Crippen molar-refractivity contribution < 1.29 is 37.6 Å². The van der Waals surface area contributed by atoms with Crippen molar-refractivity contribution in [3.8, 4) is 0 Å². The van der Waals surface area contributed by atoms with E-state index in [0.717, 1.165) is 96.3 Å². The lowest BCUT2D eigenvalue weighted by molar-refractivity contribution is -0.161. The van der Waals surface area contributed by atoms with E-state index >= 15 is 0 Å². The standard InChI is InChI=1S/C54H90NO8P/c1-3-5-7-9-11-13-15-17-19-21-23-24-25-26-27-28-29-31-33-35-37-39-41-43-45-47-54(57)63-52(51-62-64(58,59)61-49-48-55)50-60-53(56)46-44-42-40-38-36-34-32-30-22-20-18-16-14-12-10-8-6-4-2/h5,7,11,13-14,16-17,19-20,22-24,26-27,29,31,35,37,52H,3-4,6,8-10,12,15,18,21,25,28,30,32-34,36,38-51,55H2,1-2H3,(H,58,59)/b7-5-,13-11-,16-14-,19-17-,22-20-,24-23-,27-26-,31-29-,37-35-. The fourth-order valence-electron chi connectivity index (χ4n) is 6.23. The van der Waals surface area contributed by atoms with Crippen LogP contribution in [0.2, 0.25) is 0 Å². The Morgan fingerprint density at radius 2 is 0.859 bits per heavy atom. The number of nitrogens with two attached hydrogens (primary N) is 1. The van der Waals surface area contributed by atoms with Gasteiger partial charge in [0.05, 0.1) is 13.2 Å². The Bertz CT molecular complexity index is 1410. The molecule has 0 aromatic heterocycles. The molecule has 10 heteroatoms. The highest BCUT2D eigenvalue weighted by atomic mass is 31.2. The van der Waals surface area contributed by atoms with E-state index in [4.69, 9.17) is 24.3 Å². The zero-order valence-electron chi connectivity index (χ0n) is 40.2. The van der Waals surface area contributed by atoms with Gasteiger partial charge in [0.25, 0.3) is 0 Å². The number of hydrogen-bond acceptors (Lipinski definition) is 8. The topological polar surface area (TPSA) is 134 Å². The summed E-state index contributed by atoms with van der Waals surface area (Å²) in [4.78, 5) is 35.0. The van der Waals surface area contributed by atoms with Gasteiger partial charge in [-0.05, 0) is 103 Å². The van der Waals surface area contributed by atoms with Gasteiger partial charge in [-0.3, -0.25) is 18.6 Å². The van der Waals surface area contributed by atoms with Gasteiger partial charge in [0, 0.05) is 19.4 Å². The van der Waals surface area contributed by atoms with Gasteiger partial charge in [0.1, 0.15) is 6.61 Å². The summed E-state index contributed by atoms with van der Waals surface area (Å²) >= 11 is 0. The van der Waals surface area contributed by atoms with Gasteiger partial charge >= 0.3 is 19.8 Å². The Morgan fingerprint density at radius 3 is 1.30 bits per heavy atom. The summed E-state index contributed by atoms with van der Waals surface area (Å²) in [5.41, 5.74) is 5.36. The number of carbonyl (C=O) groups is 2. The van der Waals surface area contributed by atoms with E-state index < -0.39 is 32.5 Å². The Hall–Kier alpha value is -3.33. The molecule has 2 unspecified atom stereocenters. The normalized spacial score (nSPS) is 14.1. The molecule has 0 rings (SSSR count). The molecule has 0 saturated carbocycles. The average Bonchev–Trinajstić information content (AvgIpc) is 3.28. The van der Waals surface area contributed by atoms with E-state index in [2.05, 4.69) is 123 Å². The number of allylic oxidation sites excluding steroid dienone is 18. The third-order valence-corrected chi connectivity index (χ3v) is 10.9. The molecule has 0 aromatic rings. The molecule has 0 amide bonds. The van der Waals surface area contributed by atoms with E-state index in [1.54, 1.807) is 0 Å². The molecule has 0 radical (unpaired) electrons. The molecule has 0 fully saturated rings. The third kappa shape index (κ3) is 48.1. The second-order valence-electron chi connectivity index (χ2n) is 15.9. The van der Waals surface area contributed by atoms with Crippen molar-refractivity contribution in [2.75, 3.05) is 26.4 Å². The van der Waals surface area contributed by atoms with E-state index in [1.165, 1.54) is 51.4 Å². The predicted octanol–water partition coefficient (Wildman–Crippen LogP) is 15.1. The fourth-order valence-corrected chi connectivity index (χ4v) is 7.00. The van der Waals surface area contributed by atoms with E-state index in [1.807, 2.05) is 0 Å². The van der Waals surface area contributed by atoms with Crippen LogP contribution in [0.15, 0.2) is 109 Å². The first-order chi connectivity index (χ1) is 31.3. The molecule has 0 heterocycles. The molecule has 0 aromatic carbocycles. The van der Waals surface area contributed by atoms with Gasteiger partial charge in [-0.15, -0.1) is 0 Å². The van der Waals surface area contributed by atoms with Crippen LogP contribution in [-0.2, 0) is 32.7 Å². The Balaban J connectivity index is 4.20. The van der Waals surface area contributed by atoms with Crippen LogP contribution in [0, 0.1) is 0 Å². The summed E-state index contributed by atoms with van der Waals surface area (Å²) in [6, 6.07) is 0. The monoisotopic (exact) mass is 912 g/mol. The molecule has 0 aliphatic rings. The van der Waals surface area contributed by atoms with Gasteiger partial charge in [0.2, 0.25) is 0 Å². The van der Waals surface area contributed by atoms with Crippen molar-refractivity contribution in [1.29, 1.82) is 0 Å². The highest BCUT2D eigenvalue weighted by Gasteiger charge is 2.26. The molecule has 0 spiro atoms. The van der Waals surface area contributed by atoms with E-state index in [9.17, 15) is 19.0 Å². The minimum absolute atomic E-state index is 0.0401. The first kappa shape index (κ1) is 60.7. The van der Waals surface area contributed by atoms with Gasteiger partial charge in [0.15, 0.2) is 6.10 Å². The van der Waals surface area contributed by atoms with E-state index in [0.29, 0.717) is 12.8 Å². The number of carbonyl (C=O) groups excluding carboxylic acids is 2. The zero-order valence-corrected chi connectivity index (χ0v) is 41.1. The molecule has 0 aliphatic heterocycles. The molecule has 364 valence electrons. The molecule has 0 bridgehead atoms. The van der Waals surface area contributed by atoms with Gasteiger partial charge in [-0.1, -0.05) is 181 Å². The van der Waals surface area contributed by atoms with Crippen LogP contribution in [-0.4, -0.2) is 49.3 Å².